The summed E-state index contributed by atoms with van der Waals surface area (Å²) in [5.41, 5.74) is 4.71. The molecule has 0 saturated heterocycles. The summed E-state index contributed by atoms with van der Waals surface area (Å²) >= 11 is 0. The van der Waals surface area contributed by atoms with E-state index in [0.29, 0.717) is 0 Å². The van der Waals surface area contributed by atoms with Crippen LogP contribution < -0.4 is 10.6 Å². The topological polar surface area (TPSA) is 54.8 Å². The summed E-state index contributed by atoms with van der Waals surface area (Å²) in [7, 11) is 0. The zero-order valence-electron chi connectivity index (χ0n) is 13.2. The summed E-state index contributed by atoms with van der Waals surface area (Å²) in [6.07, 6.45) is 9.22. The number of anilines is 1. The van der Waals surface area contributed by atoms with Gasteiger partial charge in [0.15, 0.2) is 0 Å². The van der Waals surface area contributed by atoms with Gasteiger partial charge in [-0.3, -0.25) is 4.98 Å². The van der Waals surface area contributed by atoms with Crippen LogP contribution >= 0.6 is 0 Å². The minimum atomic E-state index is 0.862. The molecule has 0 spiro atoms. The molecule has 0 aliphatic heterocycles. The van der Waals surface area contributed by atoms with Crippen LogP contribution in [0.2, 0.25) is 0 Å². The Morgan fingerprint density at radius 1 is 1.00 bits per heavy atom. The van der Waals surface area contributed by atoms with Crippen LogP contribution in [0, 0.1) is 6.92 Å². The summed E-state index contributed by atoms with van der Waals surface area (Å²) in [5, 5.41) is 6.86. The Bertz CT molecular complexity index is 719. The molecule has 2 N–H and O–H groups in total. The molecule has 1 aromatic carbocycles. The predicted molar refractivity (Wildman–Crippen MR) is 92.7 cm³/mol. The maximum atomic E-state index is 4.09. The quantitative estimate of drug-likeness (QED) is 0.659. The number of hydrogen-bond donors (Lipinski definition) is 2. The van der Waals surface area contributed by atoms with Gasteiger partial charge in [0.1, 0.15) is 0 Å². The zero-order chi connectivity index (χ0) is 15.9. The van der Waals surface area contributed by atoms with E-state index >= 15 is 0 Å². The third-order valence-electron chi connectivity index (χ3n) is 3.71. The van der Waals surface area contributed by atoms with Gasteiger partial charge in [-0.2, -0.15) is 0 Å². The number of pyridine rings is 1. The summed E-state index contributed by atoms with van der Waals surface area (Å²) in [6.45, 7) is 4.72. The van der Waals surface area contributed by atoms with Gasteiger partial charge in [0, 0.05) is 55.8 Å². The van der Waals surface area contributed by atoms with Crippen molar-refractivity contribution in [3.05, 3.63) is 72.6 Å². The summed E-state index contributed by atoms with van der Waals surface area (Å²) in [6, 6.07) is 10.5. The van der Waals surface area contributed by atoms with Crippen LogP contribution in [0.3, 0.4) is 0 Å². The van der Waals surface area contributed by atoms with Gasteiger partial charge in [0.2, 0.25) is 0 Å². The second-order valence-electron chi connectivity index (χ2n) is 5.43. The molecule has 0 bridgehead atoms. The second-order valence-corrected chi connectivity index (χ2v) is 5.43. The van der Waals surface area contributed by atoms with Crippen LogP contribution in [0.4, 0.5) is 5.69 Å². The second kappa shape index (κ2) is 7.56. The van der Waals surface area contributed by atoms with Crippen molar-refractivity contribution in [3.8, 4) is 5.69 Å². The molecule has 0 aliphatic carbocycles. The Balaban J connectivity index is 1.42. The third kappa shape index (κ3) is 4.17. The minimum absolute atomic E-state index is 0.862. The first-order valence-corrected chi connectivity index (χ1v) is 7.75. The van der Waals surface area contributed by atoms with Gasteiger partial charge in [0.25, 0.3) is 0 Å². The lowest BCUT2D eigenvalue weighted by atomic mass is 10.2. The van der Waals surface area contributed by atoms with Crippen molar-refractivity contribution in [2.24, 2.45) is 0 Å². The van der Waals surface area contributed by atoms with E-state index in [4.69, 9.17) is 0 Å². The molecule has 0 saturated carbocycles. The SMILES string of the molecule is Cc1cnccc1NCCNCc1ccc(-n2ccnc2)cc1. The number of nitrogens with one attached hydrogen (secondary N) is 2. The third-order valence-corrected chi connectivity index (χ3v) is 3.71. The van der Waals surface area contributed by atoms with E-state index < -0.39 is 0 Å². The lowest BCUT2D eigenvalue weighted by Gasteiger charge is -2.10. The molecule has 0 aliphatic rings. The average Bonchev–Trinajstić information content (AvgIpc) is 3.11. The van der Waals surface area contributed by atoms with E-state index in [-0.39, 0.29) is 0 Å². The van der Waals surface area contributed by atoms with E-state index in [2.05, 4.69) is 51.8 Å². The Hall–Kier alpha value is -2.66. The van der Waals surface area contributed by atoms with Crippen LogP contribution in [0.25, 0.3) is 5.69 Å². The molecule has 118 valence electrons. The average molecular weight is 307 g/mol. The number of nitrogens with zero attached hydrogens (tertiary/aromatic N) is 3. The summed E-state index contributed by atoms with van der Waals surface area (Å²) in [5.74, 6) is 0. The van der Waals surface area contributed by atoms with Crippen molar-refractivity contribution in [3.63, 3.8) is 0 Å². The normalized spacial score (nSPS) is 10.7. The highest BCUT2D eigenvalue weighted by Crippen LogP contribution is 2.11. The van der Waals surface area contributed by atoms with Gasteiger partial charge in [-0.15, -0.1) is 0 Å². The highest BCUT2D eigenvalue weighted by atomic mass is 15.0. The van der Waals surface area contributed by atoms with Crippen molar-refractivity contribution < 1.29 is 0 Å². The molecule has 0 amide bonds. The van der Waals surface area contributed by atoms with E-state index in [9.17, 15) is 0 Å². The molecule has 2 heterocycles. The number of rotatable bonds is 7. The fraction of sp³-hybridized carbons (Fsp3) is 0.222. The standard InChI is InChI=1S/C18H21N5/c1-15-12-19-7-6-18(15)22-9-8-20-13-16-2-4-17(5-3-16)23-11-10-21-14-23/h2-7,10-12,14,20H,8-9,13H2,1H3,(H,19,22). The smallest absolute Gasteiger partial charge is 0.0991 e. The molecule has 3 aromatic rings. The molecule has 3 rings (SSSR count). The number of aromatic nitrogens is 3. The van der Waals surface area contributed by atoms with Crippen LogP contribution in [-0.4, -0.2) is 27.6 Å². The largest absolute Gasteiger partial charge is 0.383 e. The van der Waals surface area contributed by atoms with Crippen molar-refractivity contribution in [2.75, 3.05) is 18.4 Å². The van der Waals surface area contributed by atoms with E-state index in [1.807, 2.05) is 29.2 Å². The molecule has 0 atom stereocenters. The van der Waals surface area contributed by atoms with Crippen LogP contribution in [0.15, 0.2) is 61.4 Å². The van der Waals surface area contributed by atoms with E-state index in [0.717, 1.165) is 31.0 Å². The number of benzene rings is 1. The molecule has 2 aromatic heterocycles. The first-order chi connectivity index (χ1) is 11.3. The first-order valence-electron chi connectivity index (χ1n) is 7.75. The lowest BCUT2D eigenvalue weighted by Crippen LogP contribution is -2.22. The van der Waals surface area contributed by atoms with Gasteiger partial charge in [-0.25, -0.2) is 4.98 Å². The van der Waals surface area contributed by atoms with Gasteiger partial charge < -0.3 is 15.2 Å². The fourth-order valence-corrected chi connectivity index (χ4v) is 2.39. The van der Waals surface area contributed by atoms with Gasteiger partial charge in [-0.1, -0.05) is 12.1 Å². The van der Waals surface area contributed by atoms with Crippen LogP contribution in [0.1, 0.15) is 11.1 Å². The maximum absolute atomic E-state index is 4.09. The van der Waals surface area contributed by atoms with Crippen molar-refractivity contribution >= 4 is 5.69 Å². The monoisotopic (exact) mass is 307 g/mol. The van der Waals surface area contributed by atoms with Crippen molar-refractivity contribution in [1.29, 1.82) is 0 Å². The lowest BCUT2D eigenvalue weighted by molar-refractivity contribution is 0.706. The van der Waals surface area contributed by atoms with Gasteiger partial charge in [0.05, 0.1) is 6.33 Å². The molecule has 0 fully saturated rings. The summed E-state index contributed by atoms with van der Waals surface area (Å²) < 4.78 is 2.00. The number of imidazole rings is 1. The van der Waals surface area contributed by atoms with Crippen LogP contribution in [0.5, 0.6) is 0 Å². The van der Waals surface area contributed by atoms with E-state index in [1.165, 1.54) is 11.1 Å². The van der Waals surface area contributed by atoms with E-state index in [1.54, 1.807) is 12.5 Å². The Morgan fingerprint density at radius 2 is 1.87 bits per heavy atom. The zero-order valence-corrected chi connectivity index (χ0v) is 13.2. The van der Waals surface area contributed by atoms with Gasteiger partial charge in [-0.05, 0) is 36.2 Å². The molecular weight excluding hydrogens is 286 g/mol. The Labute approximate surface area is 136 Å². The maximum Gasteiger partial charge on any atom is 0.0991 e. The highest BCUT2D eigenvalue weighted by molar-refractivity contribution is 5.48. The molecule has 23 heavy (non-hydrogen) atoms. The minimum Gasteiger partial charge on any atom is -0.383 e. The predicted octanol–water partition coefficient (Wildman–Crippen LogP) is 2.78. The molecule has 5 heteroatoms. The molecule has 0 radical (unpaired) electrons. The van der Waals surface area contributed by atoms with Crippen LogP contribution in [-0.2, 0) is 6.54 Å². The molecular formula is C18H21N5. The Morgan fingerprint density at radius 3 is 2.61 bits per heavy atom. The summed E-state index contributed by atoms with van der Waals surface area (Å²) in [4.78, 5) is 8.16. The van der Waals surface area contributed by atoms with Gasteiger partial charge >= 0.3 is 0 Å². The highest BCUT2D eigenvalue weighted by Gasteiger charge is 1.98. The number of aryl methyl sites for hydroxylation is 1. The number of hydrogen-bond acceptors (Lipinski definition) is 4. The van der Waals surface area contributed by atoms with Crippen molar-refractivity contribution in [2.45, 2.75) is 13.5 Å². The Kier molecular flexibility index (Phi) is 5.01. The molecule has 0 unspecified atom stereocenters. The van der Waals surface area contributed by atoms with Crippen molar-refractivity contribution in [1.82, 2.24) is 19.9 Å². The fourth-order valence-electron chi connectivity index (χ4n) is 2.39. The first kappa shape index (κ1) is 15.2. The molecule has 5 nitrogen and oxygen atoms in total.